The van der Waals surface area contributed by atoms with Crippen LogP contribution >= 0.6 is 11.6 Å². The van der Waals surface area contributed by atoms with Gasteiger partial charge < -0.3 is 9.47 Å². The van der Waals surface area contributed by atoms with E-state index < -0.39 is 17.9 Å². The number of aryl methyl sites for hydroxylation is 2. The van der Waals surface area contributed by atoms with Crippen LogP contribution in [-0.2, 0) is 9.59 Å². The summed E-state index contributed by atoms with van der Waals surface area (Å²) in [5.74, 6) is 0.163. The Kier molecular flexibility index (Phi) is 8.33. The lowest BCUT2D eigenvalue weighted by atomic mass is 10.1. The van der Waals surface area contributed by atoms with Gasteiger partial charge in [0.25, 0.3) is 11.8 Å². The molecule has 0 spiro atoms. The van der Waals surface area contributed by atoms with Gasteiger partial charge in [-0.1, -0.05) is 61.0 Å². The predicted molar refractivity (Wildman–Crippen MR) is 129 cm³/mol. The van der Waals surface area contributed by atoms with Crippen molar-refractivity contribution in [1.82, 2.24) is 10.9 Å². The topological polar surface area (TPSA) is 76.7 Å². The minimum atomic E-state index is -0.754. The highest BCUT2D eigenvalue weighted by Gasteiger charge is 2.19. The lowest BCUT2D eigenvalue weighted by Crippen LogP contribution is -2.49. The Hall–Kier alpha value is -3.51. The number of nitrogens with one attached hydrogen (secondary N) is 2. The third-order valence-electron chi connectivity index (χ3n) is 5.01. The first-order valence-electron chi connectivity index (χ1n) is 10.7. The van der Waals surface area contributed by atoms with Crippen molar-refractivity contribution >= 4 is 23.4 Å². The molecule has 0 aliphatic carbocycles. The number of amides is 2. The maximum Gasteiger partial charge on any atom is 0.279 e. The zero-order chi connectivity index (χ0) is 23.8. The lowest BCUT2D eigenvalue weighted by molar-refractivity contribution is -0.134. The molecule has 0 aromatic heterocycles. The molecule has 3 rings (SSSR count). The van der Waals surface area contributed by atoms with Gasteiger partial charge in [-0.3, -0.25) is 20.4 Å². The number of halogens is 1. The predicted octanol–water partition coefficient (Wildman–Crippen LogP) is 5.01. The van der Waals surface area contributed by atoms with Crippen molar-refractivity contribution in [2.24, 2.45) is 0 Å². The number of hydrazine groups is 1. The SMILES string of the molecule is CCC(Oc1ccc(-c2ccccc2)cc1)C(=O)NNC(=O)COc1cc(C)c(Cl)c(C)c1. The molecule has 3 aromatic carbocycles. The fourth-order valence-corrected chi connectivity index (χ4v) is 3.34. The van der Waals surface area contributed by atoms with Crippen molar-refractivity contribution in [1.29, 1.82) is 0 Å². The molecular weight excluding hydrogens is 440 g/mol. The molecule has 7 heteroatoms. The van der Waals surface area contributed by atoms with E-state index in [-0.39, 0.29) is 6.61 Å². The summed E-state index contributed by atoms with van der Waals surface area (Å²) in [5, 5.41) is 0.666. The molecule has 172 valence electrons. The monoisotopic (exact) mass is 466 g/mol. The molecule has 0 aliphatic rings. The summed E-state index contributed by atoms with van der Waals surface area (Å²) in [6, 6.07) is 21.0. The first-order chi connectivity index (χ1) is 15.9. The second-order valence-corrected chi connectivity index (χ2v) is 7.98. The Morgan fingerprint density at radius 2 is 1.48 bits per heavy atom. The van der Waals surface area contributed by atoms with Crippen LogP contribution in [0.15, 0.2) is 66.7 Å². The van der Waals surface area contributed by atoms with Gasteiger partial charge in [0.2, 0.25) is 0 Å². The standard InChI is InChI=1S/C26H27ClN2O4/c1-4-23(33-21-12-10-20(11-13-21)19-8-6-5-7-9-19)26(31)29-28-24(30)16-32-22-14-17(2)25(27)18(3)15-22/h5-15,23H,4,16H2,1-3H3,(H,28,30)(H,29,31). The lowest BCUT2D eigenvalue weighted by Gasteiger charge is -2.18. The van der Waals surface area contributed by atoms with Gasteiger partial charge in [0.05, 0.1) is 0 Å². The van der Waals surface area contributed by atoms with E-state index in [0.717, 1.165) is 22.3 Å². The van der Waals surface area contributed by atoms with Crippen molar-refractivity contribution < 1.29 is 19.1 Å². The number of carbonyl (C=O) groups excluding carboxylic acids is 2. The third-order valence-corrected chi connectivity index (χ3v) is 5.60. The Morgan fingerprint density at radius 3 is 2.09 bits per heavy atom. The number of ether oxygens (including phenoxy) is 2. The third kappa shape index (κ3) is 6.73. The van der Waals surface area contributed by atoms with E-state index in [1.807, 2.05) is 75.4 Å². The zero-order valence-corrected chi connectivity index (χ0v) is 19.6. The smallest absolute Gasteiger partial charge is 0.279 e. The summed E-state index contributed by atoms with van der Waals surface area (Å²) in [6.07, 6.45) is -0.322. The number of hydrogen-bond donors (Lipinski definition) is 2. The fourth-order valence-electron chi connectivity index (χ4n) is 3.23. The van der Waals surface area contributed by atoms with Crippen molar-refractivity contribution in [2.75, 3.05) is 6.61 Å². The van der Waals surface area contributed by atoms with Crippen molar-refractivity contribution in [2.45, 2.75) is 33.3 Å². The number of hydrogen-bond acceptors (Lipinski definition) is 4. The molecule has 2 amide bonds. The van der Waals surface area contributed by atoms with Gasteiger partial charge in [-0.2, -0.15) is 0 Å². The van der Waals surface area contributed by atoms with Crippen LogP contribution in [-0.4, -0.2) is 24.5 Å². The van der Waals surface area contributed by atoms with Gasteiger partial charge >= 0.3 is 0 Å². The van der Waals surface area contributed by atoms with E-state index in [0.29, 0.717) is 22.9 Å². The molecule has 0 fully saturated rings. The second kappa shape index (κ2) is 11.4. The van der Waals surface area contributed by atoms with Crippen LogP contribution in [0.4, 0.5) is 0 Å². The van der Waals surface area contributed by atoms with E-state index in [1.165, 1.54) is 0 Å². The summed E-state index contributed by atoms with van der Waals surface area (Å²) in [7, 11) is 0. The summed E-state index contributed by atoms with van der Waals surface area (Å²) < 4.78 is 11.3. The highest BCUT2D eigenvalue weighted by molar-refractivity contribution is 6.32. The Balaban J connectivity index is 1.48. The van der Waals surface area contributed by atoms with Crippen LogP contribution in [0.25, 0.3) is 11.1 Å². The van der Waals surface area contributed by atoms with Crippen molar-refractivity contribution in [3.63, 3.8) is 0 Å². The second-order valence-electron chi connectivity index (χ2n) is 7.60. The molecule has 0 aliphatic heterocycles. The molecule has 0 radical (unpaired) electrons. The molecular formula is C26H27ClN2O4. The average Bonchev–Trinajstić information content (AvgIpc) is 2.83. The largest absolute Gasteiger partial charge is 0.484 e. The molecule has 6 nitrogen and oxygen atoms in total. The average molecular weight is 467 g/mol. The normalized spacial score (nSPS) is 11.4. The van der Waals surface area contributed by atoms with E-state index in [2.05, 4.69) is 10.9 Å². The Bertz CT molecular complexity index is 1080. The van der Waals surface area contributed by atoms with Crippen molar-refractivity contribution in [3.8, 4) is 22.6 Å². The molecule has 1 unspecified atom stereocenters. The Labute approximate surface area is 198 Å². The maximum atomic E-state index is 12.5. The molecule has 0 bridgehead atoms. The van der Waals surface area contributed by atoms with Crippen molar-refractivity contribution in [3.05, 3.63) is 82.9 Å². The fraction of sp³-hybridized carbons (Fsp3) is 0.231. The van der Waals surface area contributed by atoms with Crippen LogP contribution < -0.4 is 20.3 Å². The zero-order valence-electron chi connectivity index (χ0n) is 18.9. The van der Waals surface area contributed by atoms with Crippen LogP contribution in [0.1, 0.15) is 24.5 Å². The molecule has 2 N–H and O–H groups in total. The van der Waals surface area contributed by atoms with E-state index in [4.69, 9.17) is 21.1 Å². The molecule has 3 aromatic rings. The van der Waals surface area contributed by atoms with E-state index in [1.54, 1.807) is 12.1 Å². The Morgan fingerprint density at radius 1 is 0.879 bits per heavy atom. The summed E-state index contributed by atoms with van der Waals surface area (Å²) >= 11 is 6.14. The molecule has 33 heavy (non-hydrogen) atoms. The minimum absolute atomic E-state index is 0.251. The van der Waals surface area contributed by atoms with E-state index >= 15 is 0 Å². The van der Waals surface area contributed by atoms with Crippen LogP contribution in [0.2, 0.25) is 5.02 Å². The van der Waals surface area contributed by atoms with Gasteiger partial charge in [-0.05, 0) is 66.8 Å². The first kappa shape index (κ1) is 24.1. The van der Waals surface area contributed by atoms with E-state index in [9.17, 15) is 9.59 Å². The maximum absolute atomic E-state index is 12.5. The summed E-state index contributed by atoms with van der Waals surface area (Å²) in [4.78, 5) is 24.5. The van der Waals surface area contributed by atoms with Gasteiger partial charge in [0.15, 0.2) is 12.7 Å². The number of benzene rings is 3. The van der Waals surface area contributed by atoms with Gasteiger partial charge in [0, 0.05) is 5.02 Å². The minimum Gasteiger partial charge on any atom is -0.484 e. The molecule has 1 atom stereocenters. The molecule has 0 saturated heterocycles. The van der Waals surface area contributed by atoms with Crippen LogP contribution in [0.5, 0.6) is 11.5 Å². The first-order valence-corrected chi connectivity index (χ1v) is 11.1. The van der Waals surface area contributed by atoms with Crippen LogP contribution in [0, 0.1) is 13.8 Å². The number of rotatable bonds is 8. The summed E-state index contributed by atoms with van der Waals surface area (Å²) in [5.41, 5.74) is 8.63. The van der Waals surface area contributed by atoms with Gasteiger partial charge in [-0.15, -0.1) is 0 Å². The number of carbonyl (C=O) groups is 2. The van der Waals surface area contributed by atoms with Gasteiger partial charge in [-0.25, -0.2) is 0 Å². The summed E-state index contributed by atoms with van der Waals surface area (Å²) in [6.45, 7) is 5.31. The quantitative estimate of drug-likeness (QED) is 0.457. The highest BCUT2D eigenvalue weighted by atomic mass is 35.5. The highest BCUT2D eigenvalue weighted by Crippen LogP contribution is 2.26. The van der Waals surface area contributed by atoms with Crippen LogP contribution in [0.3, 0.4) is 0 Å². The molecule has 0 saturated carbocycles. The van der Waals surface area contributed by atoms with Gasteiger partial charge in [0.1, 0.15) is 11.5 Å². The molecule has 0 heterocycles.